The Morgan fingerprint density at radius 2 is 1.74 bits per heavy atom. The standard InChI is InChI=1S/C20H27ClN2O4/c1-13(2)12-22-18(24)14(3)27-20(26)16-8-10-23(11-9-16)19(25)15-4-6-17(21)7-5-15/h4-7,13-14,16H,8-12H2,1-3H3,(H,22,24)/t14-/m0/s1. The Morgan fingerprint density at radius 3 is 2.30 bits per heavy atom. The van der Waals surface area contributed by atoms with Crippen LogP contribution in [-0.2, 0) is 14.3 Å². The maximum atomic E-state index is 12.5. The fourth-order valence-corrected chi connectivity index (χ4v) is 2.99. The smallest absolute Gasteiger partial charge is 0.309 e. The lowest BCUT2D eigenvalue weighted by atomic mass is 9.96. The maximum Gasteiger partial charge on any atom is 0.309 e. The van der Waals surface area contributed by atoms with Crippen LogP contribution in [0.4, 0.5) is 0 Å². The molecule has 0 unspecified atom stereocenters. The van der Waals surface area contributed by atoms with Crippen molar-refractivity contribution in [2.75, 3.05) is 19.6 Å². The summed E-state index contributed by atoms with van der Waals surface area (Å²) < 4.78 is 5.31. The molecule has 1 aromatic carbocycles. The molecule has 1 fully saturated rings. The molecule has 27 heavy (non-hydrogen) atoms. The molecule has 1 heterocycles. The van der Waals surface area contributed by atoms with Gasteiger partial charge in [-0.1, -0.05) is 25.4 Å². The fourth-order valence-electron chi connectivity index (χ4n) is 2.87. The summed E-state index contributed by atoms with van der Waals surface area (Å²) in [6.45, 7) is 7.08. The van der Waals surface area contributed by atoms with Gasteiger partial charge in [0, 0.05) is 30.2 Å². The van der Waals surface area contributed by atoms with Crippen LogP contribution in [0.2, 0.25) is 5.02 Å². The van der Waals surface area contributed by atoms with Crippen molar-refractivity contribution in [3.63, 3.8) is 0 Å². The Morgan fingerprint density at radius 1 is 1.15 bits per heavy atom. The van der Waals surface area contributed by atoms with Crippen LogP contribution in [0, 0.1) is 11.8 Å². The van der Waals surface area contributed by atoms with E-state index in [1.807, 2.05) is 13.8 Å². The van der Waals surface area contributed by atoms with E-state index in [1.54, 1.807) is 36.1 Å². The number of hydrogen-bond donors (Lipinski definition) is 1. The number of esters is 1. The van der Waals surface area contributed by atoms with Gasteiger partial charge in [-0.3, -0.25) is 14.4 Å². The molecule has 0 spiro atoms. The summed E-state index contributed by atoms with van der Waals surface area (Å²) in [6.07, 6.45) is 0.238. The molecule has 148 valence electrons. The lowest BCUT2D eigenvalue weighted by Crippen LogP contribution is -2.42. The Bertz CT molecular complexity index is 667. The van der Waals surface area contributed by atoms with Crippen LogP contribution in [0.15, 0.2) is 24.3 Å². The lowest BCUT2D eigenvalue weighted by molar-refractivity contribution is -0.160. The Labute approximate surface area is 165 Å². The first-order valence-electron chi connectivity index (χ1n) is 9.31. The SMILES string of the molecule is CC(C)CNC(=O)[C@H](C)OC(=O)C1CCN(C(=O)c2ccc(Cl)cc2)CC1. The first-order chi connectivity index (χ1) is 12.8. The average Bonchev–Trinajstić information content (AvgIpc) is 2.66. The highest BCUT2D eigenvalue weighted by atomic mass is 35.5. The van der Waals surface area contributed by atoms with E-state index in [0.29, 0.717) is 49.0 Å². The minimum atomic E-state index is -0.815. The number of nitrogens with one attached hydrogen (secondary N) is 1. The third-order valence-electron chi connectivity index (χ3n) is 4.55. The molecule has 1 atom stereocenters. The van der Waals surface area contributed by atoms with Crippen molar-refractivity contribution < 1.29 is 19.1 Å². The molecule has 1 aliphatic rings. The number of ether oxygens (including phenoxy) is 1. The molecule has 2 amide bonds. The van der Waals surface area contributed by atoms with Crippen LogP contribution >= 0.6 is 11.6 Å². The number of rotatable bonds is 6. The van der Waals surface area contributed by atoms with Crippen molar-refractivity contribution in [3.05, 3.63) is 34.9 Å². The average molecular weight is 395 g/mol. The molecule has 1 saturated heterocycles. The van der Waals surface area contributed by atoms with Crippen molar-refractivity contribution in [1.82, 2.24) is 10.2 Å². The monoisotopic (exact) mass is 394 g/mol. The topological polar surface area (TPSA) is 75.7 Å². The molecule has 0 bridgehead atoms. The summed E-state index contributed by atoms with van der Waals surface area (Å²) in [6, 6.07) is 6.76. The summed E-state index contributed by atoms with van der Waals surface area (Å²) in [4.78, 5) is 38.5. The minimum absolute atomic E-state index is 0.0695. The van der Waals surface area contributed by atoms with Gasteiger partial charge in [0.25, 0.3) is 11.8 Å². The van der Waals surface area contributed by atoms with Gasteiger partial charge in [0.1, 0.15) is 0 Å². The summed E-state index contributed by atoms with van der Waals surface area (Å²) in [7, 11) is 0. The summed E-state index contributed by atoms with van der Waals surface area (Å²) in [5.41, 5.74) is 0.580. The maximum absolute atomic E-state index is 12.5. The number of piperidine rings is 1. The van der Waals surface area contributed by atoms with Crippen LogP contribution in [0.25, 0.3) is 0 Å². The second-order valence-electron chi connectivity index (χ2n) is 7.29. The zero-order chi connectivity index (χ0) is 20.0. The molecule has 7 heteroatoms. The van der Waals surface area contributed by atoms with Crippen molar-refractivity contribution in [3.8, 4) is 0 Å². The van der Waals surface area contributed by atoms with E-state index >= 15 is 0 Å². The number of benzene rings is 1. The first-order valence-corrected chi connectivity index (χ1v) is 9.68. The number of hydrogen-bond acceptors (Lipinski definition) is 4. The van der Waals surface area contributed by atoms with Gasteiger partial charge >= 0.3 is 5.97 Å². The second-order valence-corrected chi connectivity index (χ2v) is 7.73. The zero-order valence-corrected chi connectivity index (χ0v) is 16.8. The van der Waals surface area contributed by atoms with E-state index in [1.165, 1.54) is 0 Å². The van der Waals surface area contributed by atoms with Gasteiger partial charge in [0.2, 0.25) is 0 Å². The molecule has 2 rings (SSSR count). The third kappa shape index (κ3) is 6.24. The van der Waals surface area contributed by atoms with E-state index in [0.717, 1.165) is 0 Å². The molecular weight excluding hydrogens is 368 g/mol. The van der Waals surface area contributed by atoms with E-state index in [4.69, 9.17) is 16.3 Å². The van der Waals surface area contributed by atoms with Gasteiger partial charge in [-0.2, -0.15) is 0 Å². The van der Waals surface area contributed by atoms with Crippen LogP contribution in [0.5, 0.6) is 0 Å². The van der Waals surface area contributed by atoms with Gasteiger partial charge in [-0.25, -0.2) is 0 Å². The molecule has 1 aliphatic heterocycles. The first kappa shape index (κ1) is 21.2. The van der Waals surface area contributed by atoms with Gasteiger partial charge in [0.05, 0.1) is 5.92 Å². The molecule has 1 aromatic rings. The van der Waals surface area contributed by atoms with Crippen molar-refractivity contribution >= 4 is 29.4 Å². The fraction of sp³-hybridized carbons (Fsp3) is 0.550. The van der Waals surface area contributed by atoms with E-state index in [-0.39, 0.29) is 23.7 Å². The van der Waals surface area contributed by atoms with Crippen LogP contribution in [0.3, 0.4) is 0 Å². The minimum Gasteiger partial charge on any atom is -0.452 e. The van der Waals surface area contributed by atoms with E-state index < -0.39 is 6.10 Å². The number of amides is 2. The van der Waals surface area contributed by atoms with Crippen molar-refractivity contribution in [2.24, 2.45) is 11.8 Å². The van der Waals surface area contributed by atoms with Crippen LogP contribution < -0.4 is 5.32 Å². The molecule has 0 radical (unpaired) electrons. The molecule has 6 nitrogen and oxygen atoms in total. The highest BCUT2D eigenvalue weighted by Crippen LogP contribution is 2.21. The molecule has 0 aromatic heterocycles. The van der Waals surface area contributed by atoms with Crippen LogP contribution in [0.1, 0.15) is 44.0 Å². The molecule has 0 aliphatic carbocycles. The van der Waals surface area contributed by atoms with Gasteiger partial charge in [-0.15, -0.1) is 0 Å². The Hall–Kier alpha value is -2.08. The quantitative estimate of drug-likeness (QED) is 0.753. The molecule has 0 saturated carbocycles. The number of halogens is 1. The second kappa shape index (κ2) is 9.74. The number of likely N-dealkylation sites (tertiary alicyclic amines) is 1. The normalized spacial score (nSPS) is 16.1. The largest absolute Gasteiger partial charge is 0.452 e. The Balaban J connectivity index is 1.80. The predicted octanol–water partition coefficient (Wildman–Crippen LogP) is 2.90. The third-order valence-corrected chi connectivity index (χ3v) is 4.81. The summed E-state index contributed by atoms with van der Waals surface area (Å²) >= 11 is 5.85. The van der Waals surface area contributed by atoms with Crippen molar-refractivity contribution in [1.29, 1.82) is 0 Å². The zero-order valence-electron chi connectivity index (χ0n) is 16.0. The number of carbonyl (C=O) groups excluding carboxylic acids is 3. The summed E-state index contributed by atoms with van der Waals surface area (Å²) in [5, 5.41) is 3.34. The number of nitrogens with zero attached hydrogens (tertiary/aromatic N) is 1. The highest BCUT2D eigenvalue weighted by Gasteiger charge is 2.30. The van der Waals surface area contributed by atoms with Crippen LogP contribution in [-0.4, -0.2) is 48.4 Å². The Kier molecular flexibility index (Phi) is 7.66. The van der Waals surface area contributed by atoms with E-state index in [9.17, 15) is 14.4 Å². The van der Waals surface area contributed by atoms with Gasteiger partial charge in [-0.05, 0) is 49.9 Å². The number of carbonyl (C=O) groups is 3. The van der Waals surface area contributed by atoms with Gasteiger partial charge in [0.15, 0.2) is 6.10 Å². The van der Waals surface area contributed by atoms with E-state index in [2.05, 4.69) is 5.32 Å². The highest BCUT2D eigenvalue weighted by molar-refractivity contribution is 6.30. The van der Waals surface area contributed by atoms with Gasteiger partial charge < -0.3 is 15.0 Å². The van der Waals surface area contributed by atoms with Crippen molar-refractivity contribution in [2.45, 2.75) is 39.7 Å². The predicted molar refractivity (Wildman–Crippen MR) is 103 cm³/mol. The molecular formula is C20H27ClN2O4. The summed E-state index contributed by atoms with van der Waals surface area (Å²) in [5.74, 6) is -0.688. The molecule has 1 N–H and O–H groups in total. The lowest BCUT2D eigenvalue weighted by Gasteiger charge is -2.31.